The van der Waals surface area contributed by atoms with Crippen molar-refractivity contribution in [2.24, 2.45) is 23.1 Å². The zero-order chi connectivity index (χ0) is 96.9. The fourth-order valence-electron chi connectivity index (χ4n) is 16.2. The molecular weight excluding hydrogens is 1740 g/mol. The van der Waals surface area contributed by atoms with Gasteiger partial charge >= 0.3 is 11.9 Å². The number of unbranched alkanes of at least 4 members (excludes halogenated alkanes) is 2. The number of nitrogens with zero attached hydrogens (tertiary/aromatic N) is 5. The number of nitrogens with one attached hydrogen (secondary N) is 11. The molecule has 22 N–H and O–H groups in total. The largest absolute Gasteiger partial charge is 0.508 e. The first kappa shape index (κ1) is 104. The number of hydrogen-bond acceptors (Lipinski definition) is 24. The maximum atomic E-state index is 15.8. The average Bonchev–Trinajstić information content (AvgIpc) is 1.65. The number of H-pyrrole nitrogens is 2. The Morgan fingerprint density at radius 3 is 1.67 bits per heavy atom. The molecule has 0 spiro atoms. The SMILES string of the molecule is CCCC[C@H]1C(=O)N(C)[C@@H](CCCC)C(=O)N[C@@H](CCC(=O)O)C(=O)N[C@H](C(=O)NCC(N)=O)CSCC(=O)N[C@@H](Cc2ccc(O)cc2)C(=O)N(C)[C@@H](C)C(=O)N[C@@H](CC(=O)O)C(=O)N2CCC[C@H]2C(=O)N[C@@H](CO)C(=O)N[C@@H](CCC(N)=O)C(=O)N2C[C@H](O)C[C@H]2C(=O)C[C@@H](Cc2c[nH]c3ccccc23)C(=O)N[C@@H](CCN)C(=O)N[C@@H](Cc2c[nH]c3ccccc23)C(=O)N1C. The lowest BCUT2D eigenvalue weighted by Crippen LogP contribution is -2.60. The van der Waals surface area contributed by atoms with Crippen LogP contribution in [-0.4, -0.2) is 322 Å². The standard InChI is InChI=1S/C88H121N19O24S/c1-7-9-20-66-82(125)97-58(28-30-74(115)116)79(122)102-65(78(121)94-42-72(91)113)45-132-46-73(114)95-61(34-48-23-25-52(109)26-24-48)84(127)103(4)47(3)76(119)99-63(39-75(117)118)87(130)106-33-15-22-67(106)83(126)101-64(44-108)81(124)98-60(27-29-71(90)112)86(129)107-43-53(110)38-69(107)70(111)37-49(35-50-40-92-56-18-13-11-16-54(50)56)77(120)96-59(31-32-89)80(123)100-62(36-51-41-93-57-19-14-12-17-55(51)57)85(128)105(6)68(21-10-8-2)88(131)104(66)5/h11-14,16-19,23-26,40-41,47,49,53,58-69,92-93,108-110H,7-10,15,20-22,27-39,42-46,89H2,1-6H3,(H2,90,112)(H2,91,113)(H,94,121)(H,95,114)(H,96,120)(H,97,125)(H,98,124)(H,99,119)(H,100,123)(H,101,126)(H,102,122)(H,115,116)(H,117,118)/t47-,49+,53+,58-,59-,60-,61-,62-,63-,64-,65-,66-,67-,68-,69-/m0/s1. The van der Waals surface area contributed by atoms with Crippen molar-refractivity contribution in [3.8, 4) is 5.75 Å². The van der Waals surface area contributed by atoms with Crippen LogP contribution in [0.5, 0.6) is 5.75 Å². The number of aliphatic carboxylic acids is 2. The molecule has 2 aromatic heterocycles. The van der Waals surface area contributed by atoms with E-state index in [1.165, 1.54) is 45.3 Å². The Kier molecular flexibility index (Phi) is 39.3. The number of ketones is 1. The van der Waals surface area contributed by atoms with Crippen molar-refractivity contribution in [1.29, 1.82) is 0 Å². The molecule has 8 rings (SSSR count). The van der Waals surface area contributed by atoms with E-state index in [1.54, 1.807) is 67.8 Å². The number of carbonyl (C=O) groups is 19. The third-order valence-corrected chi connectivity index (χ3v) is 24.7. The van der Waals surface area contributed by atoms with Gasteiger partial charge in [0.15, 0.2) is 5.78 Å². The molecule has 44 heteroatoms. The molecule has 5 heterocycles. The van der Waals surface area contributed by atoms with E-state index in [1.807, 2.05) is 6.92 Å². The van der Waals surface area contributed by atoms with Gasteiger partial charge in [-0.25, -0.2) is 0 Å². The van der Waals surface area contributed by atoms with Crippen LogP contribution >= 0.6 is 11.8 Å². The van der Waals surface area contributed by atoms with Gasteiger partial charge in [0, 0.05) is 119 Å². The molecule has 132 heavy (non-hydrogen) atoms. The van der Waals surface area contributed by atoms with E-state index in [0.29, 0.717) is 69.5 Å². The normalized spacial score (nSPS) is 25.1. The van der Waals surface area contributed by atoms with Gasteiger partial charge in [0.1, 0.15) is 78.3 Å². The summed E-state index contributed by atoms with van der Waals surface area (Å²) in [6.07, 6.45) is -2.75. The van der Waals surface area contributed by atoms with Crippen LogP contribution in [0.2, 0.25) is 0 Å². The Morgan fingerprint density at radius 2 is 1.07 bits per heavy atom. The molecule has 15 atom stereocenters. The van der Waals surface area contributed by atoms with Gasteiger partial charge in [-0.2, -0.15) is 0 Å². The quantitative estimate of drug-likeness (QED) is 0.0262. The van der Waals surface area contributed by atoms with Crippen molar-refractivity contribution < 1.29 is 117 Å². The van der Waals surface area contributed by atoms with Gasteiger partial charge < -0.3 is 125 Å². The lowest BCUT2D eigenvalue weighted by molar-refractivity contribution is -0.149. The topological polar surface area (TPSA) is 660 Å². The number of aromatic hydroxyl groups is 1. The second-order valence-electron chi connectivity index (χ2n) is 33.3. The van der Waals surface area contributed by atoms with Crippen LogP contribution in [0.25, 0.3) is 21.8 Å². The Labute approximate surface area is 764 Å². The van der Waals surface area contributed by atoms with Gasteiger partial charge in [-0.15, -0.1) is 11.8 Å². The number of thioether (sulfide) groups is 1. The number of benzene rings is 3. The molecule has 3 saturated heterocycles. The number of Topliss-reactive ketones (excluding diaryl/α,β-unsaturated/α-hetero) is 1. The van der Waals surface area contributed by atoms with E-state index >= 15 is 33.6 Å². The number of phenols is 1. The second kappa shape index (κ2) is 49.8. The third kappa shape index (κ3) is 28.9. The van der Waals surface area contributed by atoms with Crippen LogP contribution in [0, 0.1) is 5.92 Å². The van der Waals surface area contributed by atoms with Crippen molar-refractivity contribution in [3.05, 3.63) is 102 Å². The summed E-state index contributed by atoms with van der Waals surface area (Å²) in [7, 11) is 3.76. The number of primary amides is 2. The van der Waals surface area contributed by atoms with E-state index in [9.17, 15) is 83.1 Å². The molecule has 3 aliphatic rings. The van der Waals surface area contributed by atoms with Crippen molar-refractivity contribution >= 4 is 146 Å². The number of carboxylic acids is 2. The van der Waals surface area contributed by atoms with E-state index in [2.05, 4.69) is 57.8 Å². The average molecular weight is 1860 g/mol. The number of phenolic OH excluding ortho intramolecular Hbond substituents is 1. The number of carboxylic acid groups (broad SMARTS) is 2. The summed E-state index contributed by atoms with van der Waals surface area (Å²) in [5, 5.41) is 76.3. The summed E-state index contributed by atoms with van der Waals surface area (Å²) in [4.78, 5) is 284. The zero-order valence-electron chi connectivity index (χ0n) is 74.5. The van der Waals surface area contributed by atoms with Crippen LogP contribution in [0.1, 0.15) is 140 Å². The van der Waals surface area contributed by atoms with Crippen LogP contribution in [-0.2, 0) is 110 Å². The first-order chi connectivity index (χ1) is 62.8. The first-order valence-electron chi connectivity index (χ1n) is 43.9. The van der Waals surface area contributed by atoms with Crippen LogP contribution in [0.4, 0.5) is 0 Å². The smallest absolute Gasteiger partial charge is 0.305 e. The molecule has 3 fully saturated rings. The molecule has 718 valence electrons. The van der Waals surface area contributed by atoms with Gasteiger partial charge in [-0.05, 0) is 106 Å². The number of nitrogens with two attached hydrogens (primary N) is 3. The minimum atomic E-state index is -1.96. The van der Waals surface area contributed by atoms with E-state index in [-0.39, 0.29) is 76.6 Å². The predicted octanol–water partition coefficient (Wildman–Crippen LogP) is -3.03. The van der Waals surface area contributed by atoms with E-state index < -0.39 is 279 Å². The van der Waals surface area contributed by atoms with Crippen LogP contribution < -0.4 is 65.1 Å². The fraction of sp³-hybridized carbons (Fsp3) is 0.534. The maximum absolute atomic E-state index is 15.8. The summed E-state index contributed by atoms with van der Waals surface area (Å²) in [6, 6.07) is -2.10. The highest BCUT2D eigenvalue weighted by Gasteiger charge is 2.47. The second-order valence-corrected chi connectivity index (χ2v) is 34.4. The minimum absolute atomic E-state index is 0.0363. The maximum Gasteiger partial charge on any atom is 0.305 e. The number of hydrogen-bond donors (Lipinski definition) is 19. The monoisotopic (exact) mass is 1860 g/mol. The number of rotatable bonds is 26. The van der Waals surface area contributed by atoms with Crippen molar-refractivity contribution in [2.45, 2.75) is 227 Å². The van der Waals surface area contributed by atoms with Crippen molar-refractivity contribution in [1.82, 2.24) is 82.3 Å². The Balaban J connectivity index is 1.19. The molecule has 0 bridgehead atoms. The lowest BCUT2D eigenvalue weighted by Gasteiger charge is -2.36. The number of aromatic amines is 2. The highest BCUT2D eigenvalue weighted by Crippen LogP contribution is 2.30. The molecule has 3 aromatic carbocycles. The number of aromatic nitrogens is 2. The number of amides is 16. The number of para-hydroxylation sites is 2. The Bertz CT molecular complexity index is 5010. The molecular formula is C88H121N19O24S. The highest BCUT2D eigenvalue weighted by molar-refractivity contribution is 8.00. The highest BCUT2D eigenvalue weighted by atomic mass is 32.2. The zero-order valence-corrected chi connectivity index (χ0v) is 75.3. The number of fused-ring (bicyclic) bond motifs is 4. The van der Waals surface area contributed by atoms with Gasteiger partial charge in [-0.3, -0.25) is 91.1 Å². The number of aliphatic hydroxyl groups excluding tert-OH is 2. The molecule has 0 unspecified atom stereocenters. The molecule has 0 radical (unpaired) electrons. The predicted molar refractivity (Wildman–Crippen MR) is 477 cm³/mol. The van der Waals surface area contributed by atoms with Gasteiger partial charge in [0.05, 0.1) is 37.5 Å². The summed E-state index contributed by atoms with van der Waals surface area (Å²) in [5.41, 5.74) is 19.8. The summed E-state index contributed by atoms with van der Waals surface area (Å²) < 4.78 is 0. The fourth-order valence-corrected chi connectivity index (χ4v) is 17.1. The van der Waals surface area contributed by atoms with Crippen molar-refractivity contribution in [2.75, 3.05) is 65.4 Å². The molecule has 0 aliphatic carbocycles. The van der Waals surface area contributed by atoms with Crippen molar-refractivity contribution in [3.63, 3.8) is 0 Å². The lowest BCUT2D eigenvalue weighted by atomic mass is 9.90. The van der Waals surface area contributed by atoms with Crippen LogP contribution in [0.15, 0.2) is 85.2 Å². The summed E-state index contributed by atoms with van der Waals surface area (Å²) >= 11 is 0.686. The van der Waals surface area contributed by atoms with Gasteiger partial charge in [0.25, 0.3) is 0 Å². The molecule has 43 nitrogen and oxygen atoms in total. The molecule has 0 saturated carbocycles. The summed E-state index contributed by atoms with van der Waals surface area (Å²) in [5.74, 6) is -22.9. The summed E-state index contributed by atoms with van der Waals surface area (Å²) in [6.45, 7) is 1.80. The molecule has 3 aliphatic heterocycles. The Hall–Kier alpha value is -13.1. The Morgan fingerprint density at radius 1 is 0.530 bits per heavy atom. The molecule has 5 aromatic rings. The first-order valence-corrected chi connectivity index (χ1v) is 45.0. The minimum Gasteiger partial charge on any atom is -0.508 e. The number of likely N-dealkylation sites (N-methyl/N-ethyl adjacent to an activating group) is 3. The van der Waals surface area contributed by atoms with Crippen LogP contribution in [0.3, 0.4) is 0 Å². The van der Waals surface area contributed by atoms with E-state index in [4.69, 9.17) is 17.2 Å². The third-order valence-electron chi connectivity index (χ3n) is 23.7. The molecule has 16 amide bonds. The van der Waals surface area contributed by atoms with Gasteiger partial charge in [0.2, 0.25) is 94.5 Å². The number of aliphatic hydroxyl groups is 2. The van der Waals surface area contributed by atoms with Gasteiger partial charge in [-0.1, -0.05) is 88.1 Å². The van der Waals surface area contributed by atoms with E-state index in [0.717, 1.165) is 31.5 Å². The number of carbonyl (C=O) groups excluding carboxylic acids is 17.